The molecular weight excluding hydrogens is 274 g/mol. The number of nitrogens with two attached hydrogens (primary N) is 1. The van der Waals surface area contributed by atoms with Gasteiger partial charge in [-0.3, -0.25) is 9.59 Å². The van der Waals surface area contributed by atoms with Crippen molar-refractivity contribution in [2.75, 3.05) is 26.2 Å². The summed E-state index contributed by atoms with van der Waals surface area (Å²) in [7, 11) is 0. The highest BCUT2D eigenvalue weighted by atomic mass is 32.1. The van der Waals surface area contributed by atoms with Crippen LogP contribution >= 0.6 is 11.3 Å². The minimum Gasteiger partial charge on any atom is -0.338 e. The van der Waals surface area contributed by atoms with Crippen LogP contribution in [-0.2, 0) is 4.79 Å². The maximum atomic E-state index is 12.2. The molecule has 1 aliphatic rings. The second-order valence-electron chi connectivity index (χ2n) is 4.99. The van der Waals surface area contributed by atoms with Gasteiger partial charge in [0.25, 0.3) is 5.91 Å². The minimum atomic E-state index is -0.403. The molecule has 6 heteroatoms. The summed E-state index contributed by atoms with van der Waals surface area (Å²) >= 11 is 1.45. The molecule has 0 aliphatic carbocycles. The molecule has 1 aliphatic heterocycles. The van der Waals surface area contributed by atoms with E-state index in [0.29, 0.717) is 32.6 Å². The topological polar surface area (TPSA) is 66.6 Å². The molecule has 110 valence electrons. The molecule has 1 atom stereocenters. The Bertz CT molecular complexity index is 453. The van der Waals surface area contributed by atoms with Crippen molar-refractivity contribution >= 4 is 23.2 Å². The normalized spacial score (nSPS) is 17.1. The third kappa shape index (κ3) is 3.37. The van der Waals surface area contributed by atoms with E-state index in [1.807, 2.05) is 24.4 Å². The molecule has 0 radical (unpaired) electrons. The molecule has 2 rings (SSSR count). The Kier molecular flexibility index (Phi) is 5.14. The molecule has 0 unspecified atom stereocenters. The highest BCUT2D eigenvalue weighted by Crippen LogP contribution is 2.14. The number of nitrogens with zero attached hydrogens (tertiary/aromatic N) is 2. The number of hydrogen-bond acceptors (Lipinski definition) is 4. The monoisotopic (exact) mass is 295 g/mol. The smallest absolute Gasteiger partial charge is 0.264 e. The summed E-state index contributed by atoms with van der Waals surface area (Å²) in [6.07, 6.45) is 1.62. The Morgan fingerprint density at radius 3 is 2.50 bits per heavy atom. The van der Waals surface area contributed by atoms with Crippen molar-refractivity contribution in [1.82, 2.24) is 9.80 Å². The number of thiophene rings is 1. The number of carbonyl (C=O) groups excluding carboxylic acids is 2. The van der Waals surface area contributed by atoms with Gasteiger partial charge in [-0.15, -0.1) is 11.3 Å². The van der Waals surface area contributed by atoms with Gasteiger partial charge in [0.2, 0.25) is 5.91 Å². The van der Waals surface area contributed by atoms with Crippen LogP contribution in [0.25, 0.3) is 0 Å². The van der Waals surface area contributed by atoms with Gasteiger partial charge in [0.05, 0.1) is 10.9 Å². The highest BCUT2D eigenvalue weighted by molar-refractivity contribution is 7.12. The van der Waals surface area contributed by atoms with Gasteiger partial charge in [0.15, 0.2) is 0 Å². The summed E-state index contributed by atoms with van der Waals surface area (Å²) in [6.45, 7) is 4.34. The lowest BCUT2D eigenvalue weighted by Crippen LogP contribution is -2.54. The zero-order valence-corrected chi connectivity index (χ0v) is 12.6. The first-order valence-corrected chi connectivity index (χ1v) is 7.88. The molecule has 2 amide bonds. The van der Waals surface area contributed by atoms with Gasteiger partial charge in [-0.2, -0.15) is 0 Å². The molecule has 1 aromatic rings. The van der Waals surface area contributed by atoms with Gasteiger partial charge in [-0.1, -0.05) is 19.4 Å². The van der Waals surface area contributed by atoms with Crippen molar-refractivity contribution in [2.24, 2.45) is 5.73 Å². The Balaban J connectivity index is 1.86. The van der Waals surface area contributed by atoms with Crippen LogP contribution in [0.2, 0.25) is 0 Å². The van der Waals surface area contributed by atoms with Crippen LogP contribution in [-0.4, -0.2) is 53.8 Å². The summed E-state index contributed by atoms with van der Waals surface area (Å²) in [4.78, 5) is 28.6. The number of hydrogen-bond donors (Lipinski definition) is 1. The number of rotatable bonds is 4. The average molecular weight is 295 g/mol. The summed E-state index contributed by atoms with van der Waals surface area (Å²) in [5, 5.41) is 1.90. The number of piperazine rings is 1. The standard InChI is InChI=1S/C14H21N3O2S/c1-2-4-11(15)13(18)16-6-8-17(9-7-16)14(19)12-5-3-10-20-12/h3,5,10-11H,2,4,6-9,15H2,1H3/t11-/m1/s1. The molecule has 1 saturated heterocycles. The molecule has 2 heterocycles. The molecule has 0 bridgehead atoms. The van der Waals surface area contributed by atoms with Crippen molar-refractivity contribution in [1.29, 1.82) is 0 Å². The van der Waals surface area contributed by atoms with E-state index < -0.39 is 6.04 Å². The SMILES string of the molecule is CCC[C@@H](N)C(=O)N1CCN(C(=O)c2cccs2)CC1. The van der Waals surface area contributed by atoms with Crippen LogP contribution in [0.15, 0.2) is 17.5 Å². The molecule has 2 N–H and O–H groups in total. The number of amides is 2. The van der Waals surface area contributed by atoms with Crippen molar-refractivity contribution in [3.8, 4) is 0 Å². The van der Waals surface area contributed by atoms with Crippen molar-refractivity contribution in [3.63, 3.8) is 0 Å². The quantitative estimate of drug-likeness (QED) is 0.906. The first-order valence-electron chi connectivity index (χ1n) is 7.00. The average Bonchev–Trinajstić information content (AvgIpc) is 3.00. The van der Waals surface area contributed by atoms with Crippen molar-refractivity contribution in [2.45, 2.75) is 25.8 Å². The lowest BCUT2D eigenvalue weighted by Gasteiger charge is -2.35. The Morgan fingerprint density at radius 1 is 1.30 bits per heavy atom. The van der Waals surface area contributed by atoms with E-state index in [-0.39, 0.29) is 11.8 Å². The third-order valence-corrected chi connectivity index (χ3v) is 4.39. The Hall–Kier alpha value is -1.40. The van der Waals surface area contributed by atoms with Gasteiger partial charge in [-0.05, 0) is 17.9 Å². The Labute approximate surface area is 123 Å². The summed E-state index contributed by atoms with van der Waals surface area (Å²) in [6, 6.07) is 3.31. The second-order valence-corrected chi connectivity index (χ2v) is 5.94. The zero-order valence-electron chi connectivity index (χ0n) is 11.7. The molecule has 0 saturated carbocycles. The van der Waals surface area contributed by atoms with E-state index in [0.717, 1.165) is 11.3 Å². The fourth-order valence-corrected chi connectivity index (χ4v) is 3.05. The van der Waals surface area contributed by atoms with Crippen LogP contribution < -0.4 is 5.73 Å². The van der Waals surface area contributed by atoms with E-state index in [4.69, 9.17) is 5.73 Å². The second kappa shape index (κ2) is 6.85. The van der Waals surface area contributed by atoms with Gasteiger partial charge in [0, 0.05) is 26.2 Å². The summed E-state index contributed by atoms with van der Waals surface area (Å²) in [5.41, 5.74) is 5.86. The van der Waals surface area contributed by atoms with E-state index >= 15 is 0 Å². The Morgan fingerprint density at radius 2 is 1.95 bits per heavy atom. The zero-order chi connectivity index (χ0) is 14.5. The lowest BCUT2D eigenvalue weighted by atomic mass is 10.1. The summed E-state index contributed by atoms with van der Waals surface area (Å²) < 4.78 is 0. The van der Waals surface area contributed by atoms with Crippen LogP contribution in [0.3, 0.4) is 0 Å². The van der Waals surface area contributed by atoms with Gasteiger partial charge in [0.1, 0.15) is 0 Å². The first-order chi connectivity index (χ1) is 9.63. The minimum absolute atomic E-state index is 0.00933. The fourth-order valence-electron chi connectivity index (χ4n) is 2.36. The first kappa shape index (κ1) is 15.0. The maximum absolute atomic E-state index is 12.2. The van der Waals surface area contributed by atoms with Crippen molar-refractivity contribution in [3.05, 3.63) is 22.4 Å². The van der Waals surface area contributed by atoms with Gasteiger partial charge in [-0.25, -0.2) is 0 Å². The molecule has 20 heavy (non-hydrogen) atoms. The van der Waals surface area contributed by atoms with E-state index in [1.54, 1.807) is 9.80 Å². The number of carbonyl (C=O) groups is 2. The molecule has 1 aromatic heterocycles. The predicted molar refractivity (Wildman–Crippen MR) is 79.7 cm³/mol. The van der Waals surface area contributed by atoms with E-state index in [1.165, 1.54) is 11.3 Å². The fraction of sp³-hybridized carbons (Fsp3) is 0.571. The predicted octanol–water partition coefficient (Wildman–Crippen LogP) is 1.16. The van der Waals surface area contributed by atoms with Crippen LogP contribution in [0.4, 0.5) is 0 Å². The third-order valence-electron chi connectivity index (χ3n) is 3.53. The largest absolute Gasteiger partial charge is 0.338 e. The van der Waals surface area contributed by atoms with E-state index in [2.05, 4.69) is 0 Å². The van der Waals surface area contributed by atoms with Crippen LogP contribution in [0.1, 0.15) is 29.4 Å². The molecular formula is C14H21N3O2S. The van der Waals surface area contributed by atoms with Gasteiger partial charge >= 0.3 is 0 Å². The van der Waals surface area contributed by atoms with Crippen molar-refractivity contribution < 1.29 is 9.59 Å². The molecule has 0 aromatic carbocycles. The maximum Gasteiger partial charge on any atom is 0.264 e. The highest BCUT2D eigenvalue weighted by Gasteiger charge is 2.27. The summed E-state index contributed by atoms with van der Waals surface area (Å²) in [5.74, 6) is 0.0695. The van der Waals surface area contributed by atoms with E-state index in [9.17, 15) is 9.59 Å². The van der Waals surface area contributed by atoms with Gasteiger partial charge < -0.3 is 15.5 Å². The molecule has 5 nitrogen and oxygen atoms in total. The lowest BCUT2D eigenvalue weighted by molar-refractivity contribution is -0.134. The molecule has 1 fully saturated rings. The molecule has 0 spiro atoms. The van der Waals surface area contributed by atoms with Crippen LogP contribution in [0, 0.1) is 0 Å². The van der Waals surface area contributed by atoms with Crippen LogP contribution in [0.5, 0.6) is 0 Å².